The normalized spacial score (nSPS) is 18.7. The topological polar surface area (TPSA) is 54.5 Å². The molecule has 1 saturated carbocycles. The van der Waals surface area contributed by atoms with E-state index < -0.39 is 0 Å². The van der Waals surface area contributed by atoms with Crippen LogP contribution in [0, 0.1) is 0 Å². The number of carbonyl (C=O) groups is 1. The summed E-state index contributed by atoms with van der Waals surface area (Å²) in [6.07, 6.45) is 2.32. The fourth-order valence-electron chi connectivity index (χ4n) is 2.92. The monoisotopic (exact) mass is 343 g/mol. The van der Waals surface area contributed by atoms with Crippen molar-refractivity contribution in [1.82, 2.24) is 10.3 Å². The summed E-state index contributed by atoms with van der Waals surface area (Å²) in [4.78, 5) is 18.1. The number of hydrogen-bond acceptors (Lipinski definition) is 5. The Balaban J connectivity index is 1.40. The second-order valence-corrected chi connectivity index (χ2v) is 7.35. The molecule has 1 aliphatic carbocycles. The Morgan fingerprint density at radius 1 is 1.46 bits per heavy atom. The van der Waals surface area contributed by atoms with Crippen molar-refractivity contribution in [1.29, 1.82) is 0 Å². The molecule has 0 unspecified atom stereocenters. The van der Waals surface area contributed by atoms with Crippen LogP contribution < -0.4 is 10.2 Å². The highest BCUT2D eigenvalue weighted by Crippen LogP contribution is 2.40. The van der Waals surface area contributed by atoms with E-state index in [0.717, 1.165) is 22.8 Å². The van der Waals surface area contributed by atoms with Crippen molar-refractivity contribution in [2.45, 2.75) is 38.3 Å². The quantitative estimate of drug-likeness (QED) is 0.866. The summed E-state index contributed by atoms with van der Waals surface area (Å²) in [6, 6.07) is 8.27. The zero-order chi connectivity index (χ0) is 16.5. The number of nitrogens with one attached hydrogen (secondary N) is 1. The van der Waals surface area contributed by atoms with Crippen LogP contribution in [-0.4, -0.2) is 24.2 Å². The van der Waals surface area contributed by atoms with Crippen LogP contribution in [0.5, 0.6) is 0 Å². The number of amides is 1. The molecule has 0 bridgehead atoms. The molecule has 24 heavy (non-hydrogen) atoms. The molecule has 1 atom stereocenters. The van der Waals surface area contributed by atoms with Crippen molar-refractivity contribution in [3.8, 4) is 0 Å². The first-order chi connectivity index (χ1) is 11.7. The molecule has 4 rings (SSSR count). The molecule has 1 aliphatic heterocycles. The smallest absolute Gasteiger partial charge is 0.414 e. The van der Waals surface area contributed by atoms with Crippen LogP contribution in [0.2, 0.25) is 0 Å². The highest BCUT2D eigenvalue weighted by molar-refractivity contribution is 7.09. The summed E-state index contributed by atoms with van der Waals surface area (Å²) in [5.41, 5.74) is 3.32. The lowest BCUT2D eigenvalue weighted by atomic mass is 10.1. The molecule has 2 aromatic rings. The van der Waals surface area contributed by atoms with Gasteiger partial charge in [-0.25, -0.2) is 9.78 Å². The van der Waals surface area contributed by atoms with Gasteiger partial charge in [-0.15, -0.1) is 11.3 Å². The van der Waals surface area contributed by atoms with Crippen molar-refractivity contribution < 1.29 is 9.53 Å². The Kier molecular flexibility index (Phi) is 4.24. The van der Waals surface area contributed by atoms with Gasteiger partial charge < -0.3 is 10.1 Å². The van der Waals surface area contributed by atoms with E-state index in [4.69, 9.17) is 9.72 Å². The zero-order valence-electron chi connectivity index (χ0n) is 13.7. The van der Waals surface area contributed by atoms with Crippen LogP contribution in [0.15, 0.2) is 29.6 Å². The van der Waals surface area contributed by atoms with Gasteiger partial charge in [-0.05, 0) is 37.5 Å². The van der Waals surface area contributed by atoms with Gasteiger partial charge in [0.05, 0.1) is 12.2 Å². The third kappa shape index (κ3) is 3.30. The van der Waals surface area contributed by atoms with E-state index in [2.05, 4.69) is 29.8 Å². The number of anilines is 1. The number of aromatic nitrogens is 1. The minimum atomic E-state index is -0.261. The second-order valence-electron chi connectivity index (χ2n) is 6.40. The summed E-state index contributed by atoms with van der Waals surface area (Å²) >= 11 is 1.74. The molecule has 1 amide bonds. The average molecular weight is 343 g/mol. The molecular formula is C18H21N3O2S. The molecule has 1 aromatic carbocycles. The van der Waals surface area contributed by atoms with E-state index >= 15 is 0 Å². The van der Waals surface area contributed by atoms with E-state index in [1.165, 1.54) is 18.5 Å². The fraction of sp³-hybridized carbons (Fsp3) is 0.444. The molecule has 6 heteroatoms. The van der Waals surface area contributed by atoms with Crippen LogP contribution in [0.3, 0.4) is 0 Å². The maximum absolute atomic E-state index is 11.7. The van der Waals surface area contributed by atoms with Crippen molar-refractivity contribution in [2.75, 3.05) is 18.1 Å². The summed E-state index contributed by atoms with van der Waals surface area (Å²) in [5, 5.41) is 6.87. The maximum Gasteiger partial charge on any atom is 0.414 e. The highest BCUT2D eigenvalue weighted by Gasteiger charge is 2.26. The number of thiazole rings is 1. The third-order valence-electron chi connectivity index (χ3n) is 4.57. The molecule has 2 aliphatic rings. The number of cyclic esters (lactones) is 1. The molecule has 1 aromatic heterocycles. The summed E-state index contributed by atoms with van der Waals surface area (Å²) in [6.45, 7) is 3.99. The van der Waals surface area contributed by atoms with Crippen LogP contribution in [0.1, 0.15) is 48.0 Å². The van der Waals surface area contributed by atoms with E-state index in [9.17, 15) is 4.79 Å². The molecule has 2 heterocycles. The van der Waals surface area contributed by atoms with Crippen LogP contribution in [0.25, 0.3) is 0 Å². The van der Waals surface area contributed by atoms with Gasteiger partial charge in [0.1, 0.15) is 11.6 Å². The lowest BCUT2D eigenvalue weighted by molar-refractivity contribution is 0.181. The number of nitrogens with zero attached hydrogens (tertiary/aromatic N) is 2. The van der Waals surface area contributed by atoms with Gasteiger partial charge in [-0.3, -0.25) is 4.90 Å². The summed E-state index contributed by atoms with van der Waals surface area (Å²) < 4.78 is 5.02. The first-order valence-electron chi connectivity index (χ1n) is 8.42. The Morgan fingerprint density at radius 2 is 2.33 bits per heavy atom. The van der Waals surface area contributed by atoms with E-state index in [1.54, 1.807) is 16.2 Å². The van der Waals surface area contributed by atoms with E-state index in [-0.39, 0.29) is 12.1 Å². The van der Waals surface area contributed by atoms with Crippen molar-refractivity contribution in [3.05, 3.63) is 45.9 Å². The minimum absolute atomic E-state index is 0.192. The van der Waals surface area contributed by atoms with Crippen LogP contribution in [-0.2, 0) is 11.3 Å². The predicted octanol–water partition coefficient (Wildman–Crippen LogP) is 3.83. The fourth-order valence-corrected chi connectivity index (χ4v) is 3.75. The van der Waals surface area contributed by atoms with Gasteiger partial charge in [0.15, 0.2) is 0 Å². The molecule has 0 spiro atoms. The summed E-state index contributed by atoms with van der Waals surface area (Å²) in [7, 11) is 0. The summed E-state index contributed by atoms with van der Waals surface area (Å²) in [5.74, 6) is 0.712. The van der Waals surface area contributed by atoms with Crippen LogP contribution >= 0.6 is 11.3 Å². The van der Waals surface area contributed by atoms with Crippen molar-refractivity contribution in [2.24, 2.45) is 0 Å². The standard InChI is InChI=1S/C18H21N3O2S/c1-12(19-10-17-20-16(11-24-17)13-5-6-13)14-3-2-4-15(9-14)21-7-8-23-18(21)22/h2-4,9,11-13,19H,5-8,10H2,1H3/t12-/m0/s1. The zero-order valence-corrected chi connectivity index (χ0v) is 14.5. The van der Waals surface area contributed by atoms with Gasteiger partial charge >= 0.3 is 6.09 Å². The third-order valence-corrected chi connectivity index (χ3v) is 5.43. The predicted molar refractivity (Wildman–Crippen MR) is 94.5 cm³/mol. The molecule has 1 saturated heterocycles. The maximum atomic E-state index is 11.7. The minimum Gasteiger partial charge on any atom is -0.447 e. The molecular weight excluding hydrogens is 322 g/mol. The van der Waals surface area contributed by atoms with Gasteiger partial charge in [-0.1, -0.05) is 12.1 Å². The molecule has 1 N–H and O–H groups in total. The Bertz CT molecular complexity index is 741. The molecule has 2 fully saturated rings. The Hall–Kier alpha value is -1.92. The van der Waals surface area contributed by atoms with Gasteiger partial charge in [0, 0.05) is 29.6 Å². The average Bonchev–Trinajstić information content (AvgIpc) is 3.19. The number of benzene rings is 1. The van der Waals surface area contributed by atoms with E-state index in [0.29, 0.717) is 19.1 Å². The highest BCUT2D eigenvalue weighted by atomic mass is 32.1. The van der Waals surface area contributed by atoms with Crippen LogP contribution in [0.4, 0.5) is 10.5 Å². The first-order valence-corrected chi connectivity index (χ1v) is 9.30. The molecule has 126 valence electrons. The number of rotatable bonds is 6. The molecule has 5 nitrogen and oxygen atoms in total. The Morgan fingerprint density at radius 3 is 3.08 bits per heavy atom. The first kappa shape index (κ1) is 15.6. The van der Waals surface area contributed by atoms with E-state index in [1.807, 2.05) is 12.1 Å². The van der Waals surface area contributed by atoms with Crippen molar-refractivity contribution >= 4 is 23.1 Å². The number of ether oxygens (including phenoxy) is 1. The number of hydrogen-bond donors (Lipinski definition) is 1. The second kappa shape index (κ2) is 6.53. The van der Waals surface area contributed by atoms with Gasteiger partial charge in [0.25, 0.3) is 0 Å². The lowest BCUT2D eigenvalue weighted by Gasteiger charge is -2.17. The largest absolute Gasteiger partial charge is 0.447 e. The lowest BCUT2D eigenvalue weighted by Crippen LogP contribution is -2.24. The molecule has 0 radical (unpaired) electrons. The Labute approximate surface area is 145 Å². The SMILES string of the molecule is C[C@H](NCc1nc(C2CC2)cs1)c1cccc(N2CCOC2=O)c1. The van der Waals surface area contributed by atoms with Crippen molar-refractivity contribution in [3.63, 3.8) is 0 Å². The number of carbonyl (C=O) groups excluding carboxylic acids is 1. The van der Waals surface area contributed by atoms with Gasteiger partial charge in [0.2, 0.25) is 0 Å². The van der Waals surface area contributed by atoms with Gasteiger partial charge in [-0.2, -0.15) is 0 Å².